The molecular formula is C12H17NO5S. The van der Waals surface area contributed by atoms with Gasteiger partial charge in [-0.25, -0.2) is 8.42 Å². The normalized spacial score (nSPS) is 21.3. The molecule has 0 saturated carbocycles. The standard InChI is InChI=1S/C12H17NO5S/c1-17-11-3-2-4-12(7-11)19(15,16)13-5-6-18-9-10(13)8-14/h2-4,7,10,14H,5-6,8-9H2,1H3. The molecule has 0 amide bonds. The van der Waals surface area contributed by atoms with Crippen LogP contribution in [0.1, 0.15) is 0 Å². The first-order valence-electron chi connectivity index (χ1n) is 5.94. The lowest BCUT2D eigenvalue weighted by molar-refractivity contribution is 0.0109. The minimum Gasteiger partial charge on any atom is -0.497 e. The number of sulfonamides is 1. The number of methoxy groups -OCH3 is 1. The third-order valence-corrected chi connectivity index (χ3v) is 4.98. The van der Waals surface area contributed by atoms with Gasteiger partial charge < -0.3 is 14.6 Å². The van der Waals surface area contributed by atoms with Crippen LogP contribution < -0.4 is 4.74 Å². The number of benzene rings is 1. The van der Waals surface area contributed by atoms with Crippen molar-refractivity contribution in [2.24, 2.45) is 0 Å². The molecule has 1 aromatic rings. The number of rotatable bonds is 4. The van der Waals surface area contributed by atoms with E-state index < -0.39 is 16.1 Å². The number of aliphatic hydroxyl groups excluding tert-OH is 1. The highest BCUT2D eigenvalue weighted by Crippen LogP contribution is 2.23. The Bertz CT molecular complexity index is 531. The van der Waals surface area contributed by atoms with Gasteiger partial charge in [-0.05, 0) is 12.1 Å². The van der Waals surface area contributed by atoms with E-state index in [0.717, 1.165) is 0 Å². The predicted molar refractivity (Wildman–Crippen MR) is 68.6 cm³/mol. The maximum Gasteiger partial charge on any atom is 0.243 e. The molecule has 0 aromatic heterocycles. The molecule has 1 saturated heterocycles. The van der Waals surface area contributed by atoms with Crippen LogP contribution in [0.15, 0.2) is 29.2 Å². The van der Waals surface area contributed by atoms with Crippen molar-refractivity contribution in [3.05, 3.63) is 24.3 Å². The third kappa shape index (κ3) is 2.89. The zero-order chi connectivity index (χ0) is 13.9. The van der Waals surface area contributed by atoms with E-state index in [0.29, 0.717) is 12.4 Å². The molecule has 0 bridgehead atoms. The predicted octanol–water partition coefficient (Wildman–Crippen LogP) is 0.0770. The van der Waals surface area contributed by atoms with Gasteiger partial charge in [-0.2, -0.15) is 4.31 Å². The van der Waals surface area contributed by atoms with Gasteiger partial charge >= 0.3 is 0 Å². The minimum atomic E-state index is -3.64. The Hall–Kier alpha value is -1.15. The van der Waals surface area contributed by atoms with Crippen LogP contribution >= 0.6 is 0 Å². The number of hydrogen-bond acceptors (Lipinski definition) is 5. The SMILES string of the molecule is COc1cccc(S(=O)(=O)N2CCOCC2CO)c1. The Morgan fingerprint density at radius 1 is 1.53 bits per heavy atom. The van der Waals surface area contributed by atoms with Crippen LogP contribution in [0.3, 0.4) is 0 Å². The van der Waals surface area contributed by atoms with Gasteiger partial charge in [0.25, 0.3) is 0 Å². The van der Waals surface area contributed by atoms with Crippen LogP contribution in [0.5, 0.6) is 5.75 Å². The molecule has 1 unspecified atom stereocenters. The van der Waals surface area contributed by atoms with Crippen molar-refractivity contribution in [3.63, 3.8) is 0 Å². The summed E-state index contributed by atoms with van der Waals surface area (Å²) in [6.07, 6.45) is 0. The maximum atomic E-state index is 12.5. The summed E-state index contributed by atoms with van der Waals surface area (Å²) in [4.78, 5) is 0.159. The van der Waals surface area contributed by atoms with Gasteiger partial charge in [0.1, 0.15) is 5.75 Å². The van der Waals surface area contributed by atoms with Crippen molar-refractivity contribution < 1.29 is 23.0 Å². The second-order valence-corrected chi connectivity index (χ2v) is 6.10. The van der Waals surface area contributed by atoms with Crippen LogP contribution in [0.25, 0.3) is 0 Å². The molecule has 2 rings (SSSR count). The molecule has 19 heavy (non-hydrogen) atoms. The van der Waals surface area contributed by atoms with E-state index in [1.807, 2.05) is 0 Å². The molecule has 0 spiro atoms. The van der Waals surface area contributed by atoms with E-state index in [4.69, 9.17) is 9.47 Å². The molecule has 1 N–H and O–H groups in total. The summed E-state index contributed by atoms with van der Waals surface area (Å²) in [5.74, 6) is 0.481. The van der Waals surface area contributed by atoms with E-state index in [1.165, 1.54) is 23.5 Å². The van der Waals surface area contributed by atoms with Crippen molar-refractivity contribution in [2.75, 3.05) is 33.5 Å². The highest BCUT2D eigenvalue weighted by Gasteiger charge is 2.33. The molecular weight excluding hydrogens is 270 g/mol. The average Bonchev–Trinajstić information content (AvgIpc) is 2.47. The summed E-state index contributed by atoms with van der Waals surface area (Å²) < 4.78 is 36.6. The van der Waals surface area contributed by atoms with Crippen molar-refractivity contribution >= 4 is 10.0 Å². The Balaban J connectivity index is 2.34. The monoisotopic (exact) mass is 287 g/mol. The molecule has 6 nitrogen and oxygen atoms in total. The fourth-order valence-corrected chi connectivity index (χ4v) is 3.62. The lowest BCUT2D eigenvalue weighted by Gasteiger charge is -2.33. The van der Waals surface area contributed by atoms with Crippen LogP contribution in [0.4, 0.5) is 0 Å². The highest BCUT2D eigenvalue weighted by molar-refractivity contribution is 7.89. The van der Waals surface area contributed by atoms with Gasteiger partial charge in [-0.3, -0.25) is 0 Å². The van der Waals surface area contributed by atoms with Gasteiger partial charge in [0.15, 0.2) is 0 Å². The summed E-state index contributed by atoms with van der Waals surface area (Å²) in [6, 6.07) is 5.76. The molecule has 1 atom stereocenters. The minimum absolute atomic E-state index is 0.159. The van der Waals surface area contributed by atoms with E-state index >= 15 is 0 Å². The van der Waals surface area contributed by atoms with Crippen molar-refractivity contribution in [3.8, 4) is 5.75 Å². The molecule has 1 fully saturated rings. The lowest BCUT2D eigenvalue weighted by Crippen LogP contribution is -2.50. The molecule has 7 heteroatoms. The maximum absolute atomic E-state index is 12.5. The van der Waals surface area contributed by atoms with Crippen LogP contribution in [-0.2, 0) is 14.8 Å². The van der Waals surface area contributed by atoms with Gasteiger partial charge in [0.2, 0.25) is 10.0 Å². The number of morpholine rings is 1. The van der Waals surface area contributed by atoms with Gasteiger partial charge in [-0.1, -0.05) is 6.07 Å². The quantitative estimate of drug-likeness (QED) is 0.848. The number of ether oxygens (including phenoxy) is 2. The van der Waals surface area contributed by atoms with Crippen molar-refractivity contribution in [1.29, 1.82) is 0 Å². The number of nitrogens with zero attached hydrogens (tertiary/aromatic N) is 1. The molecule has 0 aliphatic carbocycles. The van der Waals surface area contributed by atoms with E-state index in [-0.39, 0.29) is 24.7 Å². The van der Waals surface area contributed by atoms with E-state index in [9.17, 15) is 13.5 Å². The average molecular weight is 287 g/mol. The topological polar surface area (TPSA) is 76.1 Å². The second-order valence-electron chi connectivity index (χ2n) is 4.21. The largest absolute Gasteiger partial charge is 0.497 e. The van der Waals surface area contributed by atoms with Gasteiger partial charge in [0, 0.05) is 12.6 Å². The third-order valence-electron chi connectivity index (χ3n) is 3.03. The number of hydrogen-bond donors (Lipinski definition) is 1. The van der Waals surface area contributed by atoms with Crippen molar-refractivity contribution in [2.45, 2.75) is 10.9 Å². The molecule has 106 valence electrons. The summed E-state index contributed by atoms with van der Waals surface area (Å²) in [7, 11) is -2.16. The first-order valence-corrected chi connectivity index (χ1v) is 7.38. The first-order chi connectivity index (χ1) is 9.09. The highest BCUT2D eigenvalue weighted by atomic mass is 32.2. The number of aliphatic hydroxyl groups is 1. The molecule has 1 aromatic carbocycles. The Morgan fingerprint density at radius 3 is 3.00 bits per heavy atom. The van der Waals surface area contributed by atoms with Crippen LogP contribution in [0, 0.1) is 0 Å². The first kappa shape index (κ1) is 14.3. The Morgan fingerprint density at radius 2 is 2.32 bits per heavy atom. The van der Waals surface area contributed by atoms with Crippen molar-refractivity contribution in [1.82, 2.24) is 4.31 Å². The molecule has 1 heterocycles. The summed E-state index contributed by atoms with van der Waals surface area (Å²) in [5.41, 5.74) is 0. The summed E-state index contributed by atoms with van der Waals surface area (Å²) in [5, 5.41) is 9.26. The molecule has 0 radical (unpaired) electrons. The molecule has 1 aliphatic rings. The second kappa shape index (κ2) is 5.87. The lowest BCUT2D eigenvalue weighted by atomic mass is 10.3. The van der Waals surface area contributed by atoms with E-state index in [2.05, 4.69) is 0 Å². The smallest absolute Gasteiger partial charge is 0.243 e. The summed E-state index contributed by atoms with van der Waals surface area (Å²) >= 11 is 0. The van der Waals surface area contributed by atoms with E-state index in [1.54, 1.807) is 12.1 Å². The zero-order valence-electron chi connectivity index (χ0n) is 10.7. The van der Waals surface area contributed by atoms with Crippen LogP contribution in [0.2, 0.25) is 0 Å². The summed E-state index contributed by atoms with van der Waals surface area (Å²) in [6.45, 7) is 0.521. The zero-order valence-corrected chi connectivity index (χ0v) is 11.5. The van der Waals surface area contributed by atoms with Crippen LogP contribution in [-0.4, -0.2) is 57.3 Å². The Labute approximate surface area is 112 Å². The fraction of sp³-hybridized carbons (Fsp3) is 0.500. The van der Waals surface area contributed by atoms with Gasteiger partial charge in [0.05, 0.1) is 37.9 Å². The van der Waals surface area contributed by atoms with Gasteiger partial charge in [-0.15, -0.1) is 0 Å². The molecule has 1 aliphatic heterocycles. The fourth-order valence-electron chi connectivity index (χ4n) is 2.00. The Kier molecular flexibility index (Phi) is 4.41.